The SMILES string of the molecule is C#C[C@]1(O)C[C@H](C)N(C)C[C@@H]1C. The average molecular weight is 167 g/mol. The largest absolute Gasteiger partial charge is 0.377 e. The molecule has 3 atom stereocenters. The number of terminal acetylenes is 1. The van der Waals surface area contributed by atoms with Gasteiger partial charge in [0.15, 0.2) is 0 Å². The molecule has 1 aliphatic rings. The minimum Gasteiger partial charge on any atom is -0.377 e. The zero-order valence-electron chi connectivity index (χ0n) is 8.04. The van der Waals surface area contributed by atoms with Crippen molar-refractivity contribution >= 4 is 0 Å². The van der Waals surface area contributed by atoms with Gasteiger partial charge in [0, 0.05) is 24.9 Å². The highest BCUT2D eigenvalue weighted by molar-refractivity contribution is 5.13. The number of hydrogen-bond acceptors (Lipinski definition) is 2. The molecule has 1 N–H and O–H groups in total. The Kier molecular flexibility index (Phi) is 2.46. The van der Waals surface area contributed by atoms with Crippen LogP contribution >= 0.6 is 0 Å². The Morgan fingerprint density at radius 3 is 2.67 bits per heavy atom. The highest BCUT2D eigenvalue weighted by Gasteiger charge is 2.39. The molecule has 2 heteroatoms. The van der Waals surface area contributed by atoms with E-state index in [1.54, 1.807) is 0 Å². The smallest absolute Gasteiger partial charge is 0.130 e. The third-order valence-corrected chi connectivity index (χ3v) is 2.99. The monoisotopic (exact) mass is 167 g/mol. The first kappa shape index (κ1) is 9.57. The van der Waals surface area contributed by atoms with Crippen LogP contribution in [0.25, 0.3) is 0 Å². The summed E-state index contributed by atoms with van der Waals surface area (Å²) in [6, 6.07) is 0.377. The molecule has 0 aliphatic carbocycles. The molecule has 0 aromatic heterocycles. The first-order valence-electron chi connectivity index (χ1n) is 4.40. The number of piperidine rings is 1. The first-order valence-corrected chi connectivity index (χ1v) is 4.40. The lowest BCUT2D eigenvalue weighted by Crippen LogP contribution is -2.52. The molecule has 68 valence electrons. The summed E-state index contributed by atoms with van der Waals surface area (Å²) < 4.78 is 0. The molecule has 0 aromatic carbocycles. The lowest BCUT2D eigenvalue weighted by Gasteiger charge is -2.42. The standard InChI is InChI=1S/C10H17NO/c1-5-10(12)6-9(3)11(4)7-8(10)2/h1,8-9,12H,6-7H2,2-4H3/t8-,9-,10-/m0/s1. The van der Waals surface area contributed by atoms with Crippen LogP contribution in [0.1, 0.15) is 20.3 Å². The lowest BCUT2D eigenvalue weighted by molar-refractivity contribution is -0.0345. The Hall–Kier alpha value is -0.520. The van der Waals surface area contributed by atoms with Crippen LogP contribution in [0, 0.1) is 18.3 Å². The van der Waals surface area contributed by atoms with Crippen molar-refractivity contribution in [3.8, 4) is 12.3 Å². The van der Waals surface area contributed by atoms with Crippen LogP contribution in [0.5, 0.6) is 0 Å². The first-order chi connectivity index (χ1) is 5.49. The van der Waals surface area contributed by atoms with Gasteiger partial charge in [0.1, 0.15) is 5.60 Å². The predicted octanol–water partition coefficient (Wildman–Crippen LogP) is 0.711. The van der Waals surface area contributed by atoms with E-state index in [0.717, 1.165) is 6.54 Å². The van der Waals surface area contributed by atoms with Crippen molar-refractivity contribution in [1.29, 1.82) is 0 Å². The van der Waals surface area contributed by atoms with Crippen molar-refractivity contribution < 1.29 is 5.11 Å². The van der Waals surface area contributed by atoms with Gasteiger partial charge in [0.05, 0.1) is 0 Å². The van der Waals surface area contributed by atoms with Crippen LogP contribution in [-0.2, 0) is 0 Å². The summed E-state index contributed by atoms with van der Waals surface area (Å²) in [4.78, 5) is 2.23. The Morgan fingerprint density at radius 2 is 2.17 bits per heavy atom. The molecule has 1 saturated heterocycles. The highest BCUT2D eigenvalue weighted by atomic mass is 16.3. The number of rotatable bonds is 0. The minimum atomic E-state index is -0.883. The summed E-state index contributed by atoms with van der Waals surface area (Å²) in [5.74, 6) is 2.68. The van der Waals surface area contributed by atoms with E-state index >= 15 is 0 Å². The fourth-order valence-electron chi connectivity index (χ4n) is 1.77. The van der Waals surface area contributed by atoms with Gasteiger partial charge in [0.2, 0.25) is 0 Å². The Balaban J connectivity index is 2.76. The zero-order valence-corrected chi connectivity index (χ0v) is 8.04. The quantitative estimate of drug-likeness (QED) is 0.537. The molecule has 0 radical (unpaired) electrons. The van der Waals surface area contributed by atoms with Crippen LogP contribution < -0.4 is 0 Å². The second-order valence-electron chi connectivity index (χ2n) is 3.96. The normalized spacial score (nSPS) is 43.9. The molecule has 2 nitrogen and oxygen atoms in total. The van der Waals surface area contributed by atoms with Gasteiger partial charge in [-0.05, 0) is 14.0 Å². The maximum Gasteiger partial charge on any atom is 0.130 e. The maximum atomic E-state index is 9.97. The Bertz CT molecular complexity index is 208. The van der Waals surface area contributed by atoms with Crippen molar-refractivity contribution in [3.05, 3.63) is 0 Å². The summed E-state index contributed by atoms with van der Waals surface area (Å²) in [7, 11) is 2.07. The topological polar surface area (TPSA) is 23.5 Å². The zero-order chi connectivity index (χ0) is 9.35. The molecule has 0 saturated carbocycles. The number of aliphatic hydroxyl groups is 1. The molecule has 0 aromatic rings. The molecule has 1 aliphatic heterocycles. The third kappa shape index (κ3) is 1.48. The van der Waals surface area contributed by atoms with E-state index in [2.05, 4.69) is 24.8 Å². The van der Waals surface area contributed by atoms with Crippen molar-refractivity contribution in [3.63, 3.8) is 0 Å². The van der Waals surface area contributed by atoms with Gasteiger partial charge in [-0.25, -0.2) is 0 Å². The molecule has 1 rings (SSSR count). The van der Waals surface area contributed by atoms with E-state index in [1.807, 2.05) is 6.92 Å². The molecule has 0 unspecified atom stereocenters. The summed E-state index contributed by atoms with van der Waals surface area (Å²) in [6.45, 7) is 4.97. The Labute approximate surface area is 74.6 Å². The number of nitrogens with zero attached hydrogens (tertiary/aromatic N) is 1. The van der Waals surface area contributed by atoms with Gasteiger partial charge in [0.25, 0.3) is 0 Å². The van der Waals surface area contributed by atoms with E-state index < -0.39 is 5.60 Å². The molecule has 1 fully saturated rings. The van der Waals surface area contributed by atoms with Crippen molar-refractivity contribution in [2.24, 2.45) is 5.92 Å². The Morgan fingerprint density at radius 1 is 1.58 bits per heavy atom. The summed E-state index contributed by atoms with van der Waals surface area (Å²) in [5.41, 5.74) is -0.883. The molecule has 0 bridgehead atoms. The maximum absolute atomic E-state index is 9.97. The van der Waals surface area contributed by atoms with E-state index in [9.17, 15) is 5.11 Å². The fraction of sp³-hybridized carbons (Fsp3) is 0.800. The van der Waals surface area contributed by atoms with E-state index in [1.165, 1.54) is 0 Å². The lowest BCUT2D eigenvalue weighted by atomic mass is 9.80. The van der Waals surface area contributed by atoms with Crippen LogP contribution in [0.2, 0.25) is 0 Å². The third-order valence-electron chi connectivity index (χ3n) is 2.99. The van der Waals surface area contributed by atoms with Crippen molar-refractivity contribution in [1.82, 2.24) is 4.90 Å². The van der Waals surface area contributed by atoms with Gasteiger partial charge in [-0.15, -0.1) is 6.42 Å². The van der Waals surface area contributed by atoms with Gasteiger partial charge < -0.3 is 10.0 Å². The summed E-state index contributed by atoms with van der Waals surface area (Å²) in [6.07, 6.45) is 6.00. The van der Waals surface area contributed by atoms with Gasteiger partial charge in [-0.3, -0.25) is 0 Å². The molecule has 0 spiro atoms. The van der Waals surface area contributed by atoms with E-state index in [-0.39, 0.29) is 5.92 Å². The summed E-state index contributed by atoms with van der Waals surface area (Å²) >= 11 is 0. The number of hydrogen-bond donors (Lipinski definition) is 1. The molecule has 1 heterocycles. The molecular formula is C10H17NO. The van der Waals surface area contributed by atoms with Gasteiger partial charge >= 0.3 is 0 Å². The predicted molar refractivity (Wildman–Crippen MR) is 49.7 cm³/mol. The second-order valence-corrected chi connectivity index (χ2v) is 3.96. The highest BCUT2D eigenvalue weighted by Crippen LogP contribution is 2.29. The van der Waals surface area contributed by atoms with Gasteiger partial charge in [-0.1, -0.05) is 12.8 Å². The summed E-state index contributed by atoms with van der Waals surface area (Å²) in [5, 5.41) is 9.97. The van der Waals surface area contributed by atoms with Crippen LogP contribution in [0.4, 0.5) is 0 Å². The van der Waals surface area contributed by atoms with Gasteiger partial charge in [-0.2, -0.15) is 0 Å². The van der Waals surface area contributed by atoms with Crippen molar-refractivity contribution in [2.75, 3.05) is 13.6 Å². The average Bonchev–Trinajstić information content (AvgIpc) is 2.01. The van der Waals surface area contributed by atoms with E-state index in [4.69, 9.17) is 6.42 Å². The minimum absolute atomic E-state index is 0.170. The number of likely N-dealkylation sites (tertiary alicyclic amines) is 1. The van der Waals surface area contributed by atoms with E-state index in [0.29, 0.717) is 12.5 Å². The second kappa shape index (κ2) is 3.08. The molecular weight excluding hydrogens is 150 g/mol. The van der Waals surface area contributed by atoms with Crippen LogP contribution in [-0.4, -0.2) is 35.2 Å². The fourth-order valence-corrected chi connectivity index (χ4v) is 1.77. The molecule has 0 amide bonds. The van der Waals surface area contributed by atoms with Crippen molar-refractivity contribution in [2.45, 2.75) is 31.9 Å². The van der Waals surface area contributed by atoms with Crippen LogP contribution in [0.3, 0.4) is 0 Å². The molecule has 12 heavy (non-hydrogen) atoms. The van der Waals surface area contributed by atoms with Crippen LogP contribution in [0.15, 0.2) is 0 Å².